The Balaban J connectivity index is 0.000000671. The summed E-state index contributed by atoms with van der Waals surface area (Å²) >= 11 is 0. The van der Waals surface area contributed by atoms with E-state index in [0.29, 0.717) is 12.8 Å². The summed E-state index contributed by atoms with van der Waals surface area (Å²) in [5, 5.41) is 3.28. The molecule has 1 saturated carbocycles. The van der Waals surface area contributed by atoms with Gasteiger partial charge >= 0.3 is 0 Å². The van der Waals surface area contributed by atoms with Crippen molar-refractivity contribution in [2.75, 3.05) is 0 Å². The van der Waals surface area contributed by atoms with Crippen molar-refractivity contribution in [1.29, 1.82) is 0 Å². The molecule has 5 heteroatoms. The van der Waals surface area contributed by atoms with Crippen molar-refractivity contribution in [3.63, 3.8) is 0 Å². The summed E-state index contributed by atoms with van der Waals surface area (Å²) < 4.78 is 0. The number of Topliss-reactive ketones (excluding diaryl/α,β-unsaturated/α-hetero) is 2. The summed E-state index contributed by atoms with van der Waals surface area (Å²) in [4.78, 5) is 24.1. The molecule has 0 heterocycles. The first-order chi connectivity index (χ1) is 6.24. The Morgan fingerprint density at radius 3 is 2.54 bits per heavy atom. The molecule has 0 bridgehead atoms. The van der Waals surface area contributed by atoms with Crippen molar-refractivity contribution < 1.29 is 9.59 Å². The third kappa shape index (κ3) is 3.41. The van der Waals surface area contributed by atoms with E-state index in [1.54, 1.807) is 0 Å². The van der Waals surface area contributed by atoms with Gasteiger partial charge in [-0.3, -0.25) is 9.59 Å². The SMILES string of the molecule is C#C.[N-]=[N+]=NC1CCC(=O)CC1=O. The van der Waals surface area contributed by atoms with Crippen LogP contribution in [0.2, 0.25) is 0 Å². The zero-order valence-electron chi connectivity index (χ0n) is 7.01. The van der Waals surface area contributed by atoms with Crippen molar-refractivity contribution in [2.24, 2.45) is 5.11 Å². The number of rotatable bonds is 1. The maximum atomic E-state index is 10.9. The number of ketones is 2. The number of azide groups is 1. The average molecular weight is 179 g/mol. The van der Waals surface area contributed by atoms with Crippen LogP contribution in [0.4, 0.5) is 0 Å². The topological polar surface area (TPSA) is 82.9 Å². The molecule has 0 saturated heterocycles. The van der Waals surface area contributed by atoms with Crippen molar-refractivity contribution in [3.8, 4) is 12.8 Å². The van der Waals surface area contributed by atoms with E-state index in [4.69, 9.17) is 5.53 Å². The van der Waals surface area contributed by atoms with Crippen LogP contribution in [0.3, 0.4) is 0 Å². The van der Waals surface area contributed by atoms with Gasteiger partial charge in [-0.05, 0) is 12.0 Å². The van der Waals surface area contributed by atoms with Gasteiger partial charge in [-0.2, -0.15) is 0 Å². The molecule has 0 aromatic carbocycles. The van der Waals surface area contributed by atoms with Gasteiger partial charge in [0.05, 0.1) is 12.5 Å². The molecule has 0 aromatic heterocycles. The number of carbonyl (C=O) groups excluding carboxylic acids is 2. The second-order valence-corrected chi connectivity index (χ2v) is 2.44. The Labute approximate surface area is 75.7 Å². The van der Waals surface area contributed by atoms with Crippen LogP contribution >= 0.6 is 0 Å². The van der Waals surface area contributed by atoms with Gasteiger partial charge in [-0.15, -0.1) is 12.8 Å². The fraction of sp³-hybridized carbons (Fsp3) is 0.500. The van der Waals surface area contributed by atoms with Crippen molar-refractivity contribution in [1.82, 2.24) is 0 Å². The van der Waals surface area contributed by atoms with E-state index in [9.17, 15) is 9.59 Å². The normalized spacial score (nSPS) is 20.9. The van der Waals surface area contributed by atoms with Gasteiger partial charge < -0.3 is 0 Å². The largest absolute Gasteiger partial charge is 0.299 e. The zero-order valence-corrected chi connectivity index (χ0v) is 7.01. The van der Waals surface area contributed by atoms with Crippen LogP contribution in [-0.2, 0) is 9.59 Å². The van der Waals surface area contributed by atoms with Gasteiger partial charge in [0, 0.05) is 11.3 Å². The lowest BCUT2D eigenvalue weighted by molar-refractivity contribution is -0.130. The Morgan fingerprint density at radius 1 is 1.46 bits per heavy atom. The van der Waals surface area contributed by atoms with E-state index in [2.05, 4.69) is 22.9 Å². The zero-order chi connectivity index (χ0) is 10.3. The van der Waals surface area contributed by atoms with E-state index in [1.807, 2.05) is 0 Å². The molecule has 0 amide bonds. The quantitative estimate of drug-likeness (QED) is 0.199. The molecule has 0 aromatic rings. The predicted octanol–water partition coefficient (Wildman–Crippen LogP) is 1.24. The van der Waals surface area contributed by atoms with Crippen LogP contribution < -0.4 is 0 Å². The lowest BCUT2D eigenvalue weighted by atomic mass is 9.94. The molecule has 0 radical (unpaired) electrons. The first kappa shape index (κ1) is 11.2. The summed E-state index contributed by atoms with van der Waals surface area (Å²) in [5.41, 5.74) is 8.02. The third-order valence-electron chi connectivity index (χ3n) is 1.63. The van der Waals surface area contributed by atoms with Crippen molar-refractivity contribution >= 4 is 11.6 Å². The summed E-state index contributed by atoms with van der Waals surface area (Å²) in [6.07, 6.45) is 8.67. The molecule has 68 valence electrons. The fourth-order valence-electron chi connectivity index (χ4n) is 1.04. The summed E-state index contributed by atoms with van der Waals surface area (Å²) in [6, 6.07) is -0.599. The van der Waals surface area contributed by atoms with Crippen LogP contribution in [-0.4, -0.2) is 17.6 Å². The average Bonchev–Trinajstić information content (AvgIpc) is 2.14. The van der Waals surface area contributed by atoms with E-state index in [1.165, 1.54) is 0 Å². The van der Waals surface area contributed by atoms with Crippen LogP contribution in [0.1, 0.15) is 19.3 Å². The van der Waals surface area contributed by atoms with E-state index in [-0.39, 0.29) is 18.0 Å². The van der Waals surface area contributed by atoms with Crippen molar-refractivity contribution in [3.05, 3.63) is 10.4 Å². The molecular formula is C8H9N3O2. The molecule has 1 atom stereocenters. The van der Waals surface area contributed by atoms with Crippen LogP contribution in [0, 0.1) is 12.8 Å². The Kier molecular flexibility index (Phi) is 5.01. The Morgan fingerprint density at radius 2 is 2.08 bits per heavy atom. The number of nitrogens with zero attached hydrogens (tertiary/aromatic N) is 3. The summed E-state index contributed by atoms with van der Waals surface area (Å²) in [5.74, 6) is -0.307. The molecule has 0 N–H and O–H groups in total. The highest BCUT2D eigenvalue weighted by atomic mass is 16.2. The van der Waals surface area contributed by atoms with Gasteiger partial charge in [0.1, 0.15) is 11.6 Å². The van der Waals surface area contributed by atoms with Gasteiger partial charge in [-0.1, -0.05) is 5.11 Å². The standard InChI is InChI=1S/C6H7N3O2.C2H2/c7-9-8-5-2-1-4(10)3-6(5)11;1-2/h5H,1-3H2;1-2H. The maximum absolute atomic E-state index is 10.9. The van der Waals surface area contributed by atoms with Crippen molar-refractivity contribution in [2.45, 2.75) is 25.3 Å². The fourth-order valence-corrected chi connectivity index (χ4v) is 1.04. The molecule has 5 nitrogen and oxygen atoms in total. The van der Waals surface area contributed by atoms with E-state index < -0.39 is 6.04 Å². The highest BCUT2D eigenvalue weighted by Crippen LogP contribution is 2.14. The Hall–Kier alpha value is -1.79. The van der Waals surface area contributed by atoms with Crippen LogP contribution in [0.5, 0.6) is 0 Å². The van der Waals surface area contributed by atoms with Gasteiger partial charge in [0.15, 0.2) is 0 Å². The van der Waals surface area contributed by atoms with Gasteiger partial charge in [0.25, 0.3) is 0 Å². The number of terminal acetylenes is 1. The molecule has 1 fully saturated rings. The highest BCUT2D eigenvalue weighted by Gasteiger charge is 2.25. The monoisotopic (exact) mass is 179 g/mol. The van der Waals surface area contributed by atoms with Crippen LogP contribution in [0.15, 0.2) is 5.11 Å². The summed E-state index contributed by atoms with van der Waals surface area (Å²) in [7, 11) is 0. The second kappa shape index (κ2) is 5.81. The second-order valence-electron chi connectivity index (χ2n) is 2.44. The highest BCUT2D eigenvalue weighted by molar-refractivity contribution is 6.03. The molecular weight excluding hydrogens is 170 g/mol. The molecule has 1 aliphatic rings. The molecule has 1 aliphatic carbocycles. The van der Waals surface area contributed by atoms with Crippen LogP contribution in [0.25, 0.3) is 10.4 Å². The first-order valence-electron chi connectivity index (χ1n) is 3.66. The minimum atomic E-state index is -0.599. The minimum absolute atomic E-state index is 0.0561. The molecule has 0 aliphatic heterocycles. The number of hydrogen-bond donors (Lipinski definition) is 0. The lowest BCUT2D eigenvalue weighted by Gasteiger charge is -2.13. The maximum Gasteiger partial charge on any atom is 0.149 e. The number of carbonyl (C=O) groups is 2. The molecule has 1 unspecified atom stereocenters. The summed E-state index contributed by atoms with van der Waals surface area (Å²) in [6.45, 7) is 0. The Bertz CT molecular complexity index is 276. The minimum Gasteiger partial charge on any atom is -0.299 e. The third-order valence-corrected chi connectivity index (χ3v) is 1.63. The predicted molar refractivity (Wildman–Crippen MR) is 46.7 cm³/mol. The van der Waals surface area contributed by atoms with Gasteiger partial charge in [-0.25, -0.2) is 0 Å². The smallest absolute Gasteiger partial charge is 0.149 e. The lowest BCUT2D eigenvalue weighted by Crippen LogP contribution is -2.27. The molecule has 0 spiro atoms. The molecule has 1 rings (SSSR count). The van der Waals surface area contributed by atoms with E-state index >= 15 is 0 Å². The first-order valence-corrected chi connectivity index (χ1v) is 3.66. The van der Waals surface area contributed by atoms with E-state index in [0.717, 1.165) is 0 Å². The number of hydrogen-bond acceptors (Lipinski definition) is 3. The molecule has 13 heavy (non-hydrogen) atoms. The van der Waals surface area contributed by atoms with Gasteiger partial charge in [0.2, 0.25) is 0 Å².